The van der Waals surface area contributed by atoms with Crippen LogP contribution in [0, 0.1) is 15.5 Å². The number of hydrogen-bond donors (Lipinski definition) is 3. The maximum atomic E-state index is 12.1. The molecule has 1 rings (SSSR count). The van der Waals surface area contributed by atoms with Gasteiger partial charge in [-0.2, -0.15) is 0 Å². The van der Waals surface area contributed by atoms with Crippen molar-refractivity contribution in [3.63, 3.8) is 0 Å². The second-order valence-electron chi connectivity index (χ2n) is 3.26. The predicted molar refractivity (Wildman–Crippen MR) is 63.6 cm³/mol. The summed E-state index contributed by atoms with van der Waals surface area (Å²) >= 11 is 5.75. The molecule has 1 aromatic carbocycles. The molecular formula is C9H9ClF2N4O2. The maximum absolute atomic E-state index is 12.1. The molecule has 0 radical (unpaired) electrons. The Balaban J connectivity index is 3.34. The van der Waals surface area contributed by atoms with E-state index in [0.29, 0.717) is 0 Å². The van der Waals surface area contributed by atoms with E-state index in [0.717, 1.165) is 6.07 Å². The third-order valence-electron chi connectivity index (χ3n) is 2.03. The van der Waals surface area contributed by atoms with E-state index in [1.165, 1.54) is 6.07 Å². The van der Waals surface area contributed by atoms with E-state index in [-0.39, 0.29) is 16.3 Å². The Kier molecular flexibility index (Phi) is 4.38. The molecule has 0 amide bonds. The number of anilines is 1. The number of rotatable bonds is 5. The molecular weight excluding hydrogens is 270 g/mol. The van der Waals surface area contributed by atoms with E-state index in [9.17, 15) is 18.9 Å². The van der Waals surface area contributed by atoms with Gasteiger partial charge in [0.15, 0.2) is 0 Å². The number of nitro groups is 1. The van der Waals surface area contributed by atoms with Gasteiger partial charge in [-0.15, -0.1) is 0 Å². The van der Waals surface area contributed by atoms with E-state index >= 15 is 0 Å². The fourth-order valence-electron chi connectivity index (χ4n) is 1.34. The zero-order chi connectivity index (χ0) is 13.9. The number of nitrogens with two attached hydrogens (primary N) is 1. The van der Waals surface area contributed by atoms with Crippen LogP contribution in [0.2, 0.25) is 5.02 Å². The van der Waals surface area contributed by atoms with E-state index in [4.69, 9.17) is 22.7 Å². The van der Waals surface area contributed by atoms with E-state index in [1.807, 2.05) is 0 Å². The van der Waals surface area contributed by atoms with Crippen LogP contribution in [-0.2, 0) is 0 Å². The summed E-state index contributed by atoms with van der Waals surface area (Å²) in [6, 6.07) is 2.24. The highest BCUT2D eigenvalue weighted by atomic mass is 35.5. The first kappa shape index (κ1) is 14.1. The first-order valence-electron chi connectivity index (χ1n) is 4.68. The minimum Gasteiger partial charge on any atom is -0.384 e. The summed E-state index contributed by atoms with van der Waals surface area (Å²) in [5, 5.41) is 20.2. The lowest BCUT2D eigenvalue weighted by Crippen LogP contribution is -2.19. The average molecular weight is 279 g/mol. The maximum Gasteiger partial charge on any atom is 0.293 e. The normalized spacial score (nSPS) is 10.4. The molecule has 0 bridgehead atoms. The summed E-state index contributed by atoms with van der Waals surface area (Å²) in [4.78, 5) is 10.0. The molecule has 0 saturated heterocycles. The quantitative estimate of drug-likeness (QED) is 0.332. The molecule has 0 atom stereocenters. The van der Waals surface area contributed by atoms with Gasteiger partial charge in [0.2, 0.25) is 0 Å². The van der Waals surface area contributed by atoms with Gasteiger partial charge in [-0.3, -0.25) is 15.5 Å². The summed E-state index contributed by atoms with van der Waals surface area (Å²) in [6.07, 6.45) is -2.71. The summed E-state index contributed by atoms with van der Waals surface area (Å²) in [6.45, 7) is -0.804. The van der Waals surface area contributed by atoms with E-state index in [2.05, 4.69) is 5.32 Å². The molecule has 98 valence electrons. The fraction of sp³-hybridized carbons (Fsp3) is 0.222. The Morgan fingerprint density at radius 1 is 1.61 bits per heavy atom. The molecule has 0 spiro atoms. The lowest BCUT2D eigenvalue weighted by Gasteiger charge is -2.12. The van der Waals surface area contributed by atoms with Crippen molar-refractivity contribution in [3.8, 4) is 0 Å². The number of amidine groups is 1. The number of nitrogens with one attached hydrogen (secondary N) is 2. The molecule has 0 heterocycles. The second kappa shape index (κ2) is 5.58. The largest absolute Gasteiger partial charge is 0.384 e. The van der Waals surface area contributed by atoms with Gasteiger partial charge in [-0.25, -0.2) is 8.78 Å². The standard InChI is InChI=1S/C9H9ClF2N4O2/c10-4-1-2-5(16(17)18)8(7(4)9(13)14)15-3-6(11)12/h1-2,6,15H,3H2,(H3,13,14). The average Bonchev–Trinajstić information content (AvgIpc) is 2.24. The van der Waals surface area contributed by atoms with Crippen LogP contribution in [0.25, 0.3) is 0 Å². The van der Waals surface area contributed by atoms with Crippen molar-refractivity contribution in [1.29, 1.82) is 5.41 Å². The topological polar surface area (TPSA) is 105 Å². The smallest absolute Gasteiger partial charge is 0.293 e. The monoisotopic (exact) mass is 278 g/mol. The minimum atomic E-state index is -2.71. The highest BCUT2D eigenvalue weighted by molar-refractivity contribution is 6.35. The first-order valence-corrected chi connectivity index (χ1v) is 5.05. The molecule has 0 saturated carbocycles. The Labute approximate surface area is 105 Å². The van der Waals surface area contributed by atoms with Crippen molar-refractivity contribution < 1.29 is 13.7 Å². The molecule has 0 fully saturated rings. The van der Waals surface area contributed by atoms with Crippen LogP contribution >= 0.6 is 11.6 Å². The van der Waals surface area contributed by atoms with Gasteiger partial charge >= 0.3 is 0 Å². The number of halogens is 3. The molecule has 0 unspecified atom stereocenters. The van der Waals surface area contributed by atoms with Gasteiger partial charge in [-0.1, -0.05) is 11.6 Å². The minimum absolute atomic E-state index is 0.0233. The van der Waals surface area contributed by atoms with Gasteiger partial charge in [-0.05, 0) is 6.07 Å². The predicted octanol–water partition coefficient (Wildman–Crippen LogP) is 2.21. The molecule has 0 aliphatic heterocycles. The lowest BCUT2D eigenvalue weighted by atomic mass is 10.1. The zero-order valence-corrected chi connectivity index (χ0v) is 9.67. The van der Waals surface area contributed by atoms with E-state index in [1.54, 1.807) is 0 Å². The summed E-state index contributed by atoms with van der Waals surface area (Å²) in [5.41, 5.74) is 4.33. The Hall–Kier alpha value is -1.96. The van der Waals surface area contributed by atoms with Gasteiger partial charge in [0.25, 0.3) is 12.1 Å². The fourth-order valence-corrected chi connectivity index (χ4v) is 1.60. The van der Waals surface area contributed by atoms with Crippen LogP contribution in [-0.4, -0.2) is 23.7 Å². The summed E-state index contributed by atoms with van der Waals surface area (Å²) in [5.74, 6) is -0.541. The lowest BCUT2D eigenvalue weighted by molar-refractivity contribution is -0.384. The third kappa shape index (κ3) is 3.04. The van der Waals surface area contributed by atoms with Crippen LogP contribution in [0.15, 0.2) is 12.1 Å². The van der Waals surface area contributed by atoms with Crippen molar-refractivity contribution in [3.05, 3.63) is 32.8 Å². The molecule has 4 N–H and O–H groups in total. The highest BCUT2D eigenvalue weighted by Gasteiger charge is 2.22. The van der Waals surface area contributed by atoms with Crippen molar-refractivity contribution >= 4 is 28.8 Å². The number of hydrogen-bond acceptors (Lipinski definition) is 4. The van der Waals surface area contributed by atoms with Gasteiger partial charge in [0, 0.05) is 6.07 Å². The molecule has 9 heteroatoms. The first-order chi connectivity index (χ1) is 8.34. The van der Waals surface area contributed by atoms with Crippen molar-refractivity contribution in [2.75, 3.05) is 11.9 Å². The van der Waals surface area contributed by atoms with Crippen LogP contribution in [0.1, 0.15) is 5.56 Å². The number of alkyl halides is 2. The molecule has 0 aliphatic rings. The molecule has 6 nitrogen and oxygen atoms in total. The summed E-state index contributed by atoms with van der Waals surface area (Å²) < 4.78 is 24.3. The van der Waals surface area contributed by atoms with Crippen LogP contribution in [0.5, 0.6) is 0 Å². The van der Waals surface area contributed by atoms with Crippen molar-refractivity contribution in [1.82, 2.24) is 0 Å². The van der Waals surface area contributed by atoms with Crippen LogP contribution in [0.3, 0.4) is 0 Å². The zero-order valence-electron chi connectivity index (χ0n) is 8.91. The SMILES string of the molecule is N=C(N)c1c(Cl)ccc([N+](=O)[O-])c1NCC(F)F. The molecule has 0 aliphatic carbocycles. The van der Waals surface area contributed by atoms with Crippen molar-refractivity contribution in [2.45, 2.75) is 6.43 Å². The number of nitrogen functional groups attached to an aromatic ring is 1. The van der Waals surface area contributed by atoms with Crippen LogP contribution < -0.4 is 11.1 Å². The highest BCUT2D eigenvalue weighted by Crippen LogP contribution is 2.33. The third-order valence-corrected chi connectivity index (χ3v) is 2.35. The van der Waals surface area contributed by atoms with E-state index < -0.39 is 29.4 Å². The number of nitro benzene ring substituents is 1. The van der Waals surface area contributed by atoms with Crippen LogP contribution in [0.4, 0.5) is 20.2 Å². The van der Waals surface area contributed by atoms with Gasteiger partial charge in [0.05, 0.1) is 22.1 Å². The molecule has 1 aromatic rings. The Morgan fingerprint density at radius 3 is 2.67 bits per heavy atom. The molecule has 0 aromatic heterocycles. The second-order valence-corrected chi connectivity index (χ2v) is 3.67. The van der Waals surface area contributed by atoms with Gasteiger partial charge < -0.3 is 11.1 Å². The number of nitrogens with zero attached hydrogens (tertiary/aromatic N) is 1. The van der Waals surface area contributed by atoms with Gasteiger partial charge in [0.1, 0.15) is 11.5 Å². The summed E-state index contributed by atoms with van der Waals surface area (Å²) in [7, 11) is 0. The number of benzene rings is 1. The Morgan fingerprint density at radius 2 is 2.22 bits per heavy atom. The Bertz CT molecular complexity index is 496. The van der Waals surface area contributed by atoms with Crippen molar-refractivity contribution in [2.24, 2.45) is 5.73 Å². The molecule has 18 heavy (non-hydrogen) atoms.